The van der Waals surface area contributed by atoms with E-state index in [4.69, 9.17) is 0 Å². The molecule has 1 aliphatic heterocycles. The Morgan fingerprint density at radius 3 is 2.44 bits per heavy atom. The first-order valence-corrected chi connectivity index (χ1v) is 15.7. The minimum absolute atomic E-state index is 0.0305. The van der Waals surface area contributed by atoms with Crippen molar-refractivity contribution in [2.45, 2.75) is 84.5 Å². The van der Waals surface area contributed by atoms with Crippen LogP contribution in [-0.2, 0) is 10.8 Å². The van der Waals surface area contributed by atoms with Crippen molar-refractivity contribution in [3.05, 3.63) is 106 Å². The van der Waals surface area contributed by atoms with Gasteiger partial charge in [0.25, 0.3) is 0 Å². The van der Waals surface area contributed by atoms with Gasteiger partial charge in [-0.15, -0.1) is 0 Å². The summed E-state index contributed by atoms with van der Waals surface area (Å²) in [5.74, 6) is 0.813. The fraction of sp³-hybridized carbons (Fsp3) is 0.474. The molecular weight excluding hydrogens is 500 g/mol. The van der Waals surface area contributed by atoms with E-state index in [0.29, 0.717) is 11.8 Å². The Morgan fingerprint density at radius 1 is 1.02 bits per heavy atom. The maximum absolute atomic E-state index is 9.75. The van der Waals surface area contributed by atoms with E-state index in [1.54, 1.807) is 0 Å². The number of hydrogen-bond acceptors (Lipinski definition) is 2. The summed E-state index contributed by atoms with van der Waals surface area (Å²) in [5, 5.41) is 12.0. The molecule has 1 heterocycles. The fourth-order valence-corrected chi connectivity index (χ4v) is 7.07. The van der Waals surface area contributed by atoms with Crippen LogP contribution in [0.25, 0.3) is 0 Å². The number of aliphatic hydroxyl groups is 1. The minimum atomic E-state index is -0.0305. The van der Waals surface area contributed by atoms with Crippen LogP contribution in [0.1, 0.15) is 84.8 Å². The van der Waals surface area contributed by atoms with E-state index in [-0.39, 0.29) is 17.4 Å². The van der Waals surface area contributed by atoms with Gasteiger partial charge in [0.2, 0.25) is 0 Å². The van der Waals surface area contributed by atoms with Gasteiger partial charge < -0.3 is 15.3 Å². The van der Waals surface area contributed by atoms with E-state index in [1.807, 2.05) is 0 Å². The van der Waals surface area contributed by atoms with Gasteiger partial charge in [-0.3, -0.25) is 0 Å². The van der Waals surface area contributed by atoms with Gasteiger partial charge in [0.1, 0.15) is 5.69 Å². The molecule has 0 aromatic heterocycles. The highest BCUT2D eigenvalue weighted by atomic mass is 16.3. The summed E-state index contributed by atoms with van der Waals surface area (Å²) in [7, 11) is 4.33. The SMILES string of the molecule is C[NH2+]c1ccccc1C(C)(C)C/C=C/C1=C(C(C)C(C)CCO)C(=C/C=C2/N(C)c3ccccc3C2(C)C)/CCC1. The summed E-state index contributed by atoms with van der Waals surface area (Å²) in [6.45, 7) is 14.3. The molecule has 2 aliphatic rings. The first kappa shape index (κ1) is 31.1. The van der Waals surface area contributed by atoms with Crippen molar-refractivity contribution in [2.24, 2.45) is 11.8 Å². The number of para-hydroxylation sites is 2. The Kier molecular flexibility index (Phi) is 9.82. The van der Waals surface area contributed by atoms with Crippen LogP contribution in [0.3, 0.4) is 0 Å². The van der Waals surface area contributed by atoms with Gasteiger partial charge in [-0.05, 0) is 89.8 Å². The lowest BCUT2D eigenvalue weighted by molar-refractivity contribution is -0.540. The molecule has 0 spiro atoms. The molecule has 220 valence electrons. The van der Waals surface area contributed by atoms with Gasteiger partial charge in [0, 0.05) is 36.0 Å². The fourth-order valence-electron chi connectivity index (χ4n) is 7.07. The summed E-state index contributed by atoms with van der Waals surface area (Å²) in [5.41, 5.74) is 11.3. The molecule has 3 nitrogen and oxygen atoms in total. The smallest absolute Gasteiger partial charge is 0.133 e. The van der Waals surface area contributed by atoms with Crippen LogP contribution in [0, 0.1) is 11.8 Å². The number of nitrogens with zero attached hydrogens (tertiary/aromatic N) is 1. The molecule has 41 heavy (non-hydrogen) atoms. The summed E-state index contributed by atoms with van der Waals surface area (Å²) in [6.07, 6.45) is 14.9. The van der Waals surface area contributed by atoms with Crippen LogP contribution < -0.4 is 10.2 Å². The standard InChI is InChI=1S/C38H52N2O/c1-27(24-26-41)28(2)36-29(17-14-25-37(3,4)31-18-9-11-20-33(31)39-7)15-13-16-30(36)22-23-35-38(5,6)32-19-10-12-21-34(32)40(35)8/h9-12,14,17-23,27-28,39,41H,13,15-16,24-26H2,1-8H3/p+1/b17-14+,30-22+,35-23+. The number of fused-ring (bicyclic) bond motifs is 1. The summed E-state index contributed by atoms with van der Waals surface area (Å²) < 4.78 is 0. The van der Waals surface area contributed by atoms with Gasteiger partial charge in [-0.2, -0.15) is 0 Å². The molecule has 3 N–H and O–H groups in total. The predicted octanol–water partition coefficient (Wildman–Crippen LogP) is 8.11. The van der Waals surface area contributed by atoms with E-state index in [2.05, 4.69) is 139 Å². The van der Waals surface area contributed by atoms with Crippen LogP contribution in [0.15, 0.2) is 95.3 Å². The number of rotatable bonds is 10. The Morgan fingerprint density at radius 2 is 1.73 bits per heavy atom. The largest absolute Gasteiger partial charge is 0.396 e. The van der Waals surface area contributed by atoms with E-state index >= 15 is 0 Å². The summed E-state index contributed by atoms with van der Waals surface area (Å²) >= 11 is 0. The number of benzene rings is 2. The number of likely N-dealkylation sites (N-methyl/N-ethyl adjacent to an activating group) is 1. The molecule has 3 heteroatoms. The molecule has 2 atom stereocenters. The highest BCUT2D eigenvalue weighted by Crippen LogP contribution is 2.47. The second-order valence-electron chi connectivity index (χ2n) is 13.4. The van der Waals surface area contributed by atoms with E-state index in [1.165, 1.54) is 51.3 Å². The zero-order chi connectivity index (χ0) is 29.8. The first-order valence-electron chi connectivity index (χ1n) is 15.7. The zero-order valence-corrected chi connectivity index (χ0v) is 26.8. The van der Waals surface area contributed by atoms with Crippen molar-refractivity contribution in [3.8, 4) is 0 Å². The first-order chi connectivity index (χ1) is 19.5. The van der Waals surface area contributed by atoms with Crippen molar-refractivity contribution >= 4 is 11.4 Å². The Bertz CT molecular complexity index is 1340. The lowest BCUT2D eigenvalue weighted by Crippen LogP contribution is -2.73. The number of allylic oxidation sites excluding steroid dienone is 8. The second-order valence-corrected chi connectivity index (χ2v) is 13.4. The van der Waals surface area contributed by atoms with E-state index in [9.17, 15) is 5.11 Å². The zero-order valence-electron chi connectivity index (χ0n) is 26.8. The molecule has 2 unspecified atom stereocenters. The maximum Gasteiger partial charge on any atom is 0.133 e. The Hall–Kier alpha value is -2.88. The van der Waals surface area contributed by atoms with Crippen LogP contribution in [0.5, 0.6) is 0 Å². The number of anilines is 1. The molecule has 0 fully saturated rings. The summed E-state index contributed by atoms with van der Waals surface area (Å²) in [6, 6.07) is 17.6. The third-order valence-electron chi connectivity index (χ3n) is 9.81. The maximum atomic E-state index is 9.75. The Labute approximate surface area is 249 Å². The number of hydrogen-bond donors (Lipinski definition) is 2. The molecule has 4 rings (SSSR count). The van der Waals surface area contributed by atoms with Gasteiger partial charge in [-0.25, -0.2) is 0 Å². The molecule has 0 radical (unpaired) electrons. The number of nitrogens with two attached hydrogens (primary N) is 1. The van der Waals surface area contributed by atoms with Gasteiger partial charge >= 0.3 is 0 Å². The van der Waals surface area contributed by atoms with Crippen molar-refractivity contribution < 1.29 is 10.4 Å². The monoisotopic (exact) mass is 553 g/mol. The van der Waals surface area contributed by atoms with Gasteiger partial charge in [0.05, 0.1) is 7.05 Å². The lowest BCUT2D eigenvalue weighted by atomic mass is 9.74. The molecular formula is C38H53N2O+. The second kappa shape index (κ2) is 13.0. The van der Waals surface area contributed by atoms with Crippen LogP contribution in [0.2, 0.25) is 0 Å². The molecule has 0 saturated carbocycles. The average molecular weight is 554 g/mol. The molecule has 0 amide bonds. The van der Waals surface area contributed by atoms with E-state index in [0.717, 1.165) is 25.7 Å². The van der Waals surface area contributed by atoms with Crippen LogP contribution in [0.4, 0.5) is 11.4 Å². The number of quaternary nitrogens is 1. The summed E-state index contributed by atoms with van der Waals surface area (Å²) in [4.78, 5) is 2.37. The third kappa shape index (κ3) is 6.47. The van der Waals surface area contributed by atoms with Gasteiger partial charge in [-0.1, -0.05) is 96.2 Å². The topological polar surface area (TPSA) is 40.1 Å². The van der Waals surface area contributed by atoms with Crippen molar-refractivity contribution in [2.75, 3.05) is 25.6 Å². The van der Waals surface area contributed by atoms with Crippen molar-refractivity contribution in [3.63, 3.8) is 0 Å². The van der Waals surface area contributed by atoms with Crippen LogP contribution in [-0.4, -0.2) is 25.8 Å². The minimum Gasteiger partial charge on any atom is -0.396 e. The average Bonchev–Trinajstić information content (AvgIpc) is 3.15. The molecule has 2 aromatic rings. The lowest BCUT2D eigenvalue weighted by Gasteiger charge is -2.31. The van der Waals surface area contributed by atoms with Crippen molar-refractivity contribution in [1.29, 1.82) is 0 Å². The quantitative estimate of drug-likeness (QED) is 0.292. The predicted molar refractivity (Wildman–Crippen MR) is 176 cm³/mol. The highest BCUT2D eigenvalue weighted by Gasteiger charge is 2.38. The third-order valence-corrected chi connectivity index (χ3v) is 9.81. The Balaban J connectivity index is 1.70. The highest BCUT2D eigenvalue weighted by molar-refractivity contribution is 5.70. The molecule has 2 aromatic carbocycles. The number of aliphatic hydroxyl groups excluding tert-OH is 1. The van der Waals surface area contributed by atoms with Crippen LogP contribution >= 0.6 is 0 Å². The van der Waals surface area contributed by atoms with Gasteiger partial charge in [0.15, 0.2) is 0 Å². The normalized spacial score (nSPS) is 20.8. The molecule has 1 aliphatic carbocycles. The van der Waals surface area contributed by atoms with Crippen molar-refractivity contribution in [1.82, 2.24) is 0 Å². The molecule has 0 saturated heterocycles. The molecule has 0 bridgehead atoms. The van der Waals surface area contributed by atoms with E-state index < -0.39 is 0 Å².